The lowest BCUT2D eigenvalue weighted by Gasteiger charge is -2.08. The Morgan fingerprint density at radius 2 is 1.79 bits per heavy atom. The summed E-state index contributed by atoms with van der Waals surface area (Å²) in [4.78, 5) is 11.8. The van der Waals surface area contributed by atoms with E-state index in [0.717, 1.165) is 17.7 Å². The van der Waals surface area contributed by atoms with E-state index in [-0.39, 0.29) is 12.2 Å². The van der Waals surface area contributed by atoms with Crippen LogP contribution in [0.5, 0.6) is 0 Å². The second kappa shape index (κ2) is 5.48. The molecule has 0 aliphatic rings. The summed E-state index contributed by atoms with van der Waals surface area (Å²) in [6.07, 6.45) is 0. The van der Waals surface area contributed by atoms with Gasteiger partial charge in [-0.2, -0.15) is 0 Å². The van der Waals surface area contributed by atoms with Crippen molar-refractivity contribution in [2.24, 2.45) is 0 Å². The van der Waals surface area contributed by atoms with Crippen molar-refractivity contribution in [1.29, 1.82) is 0 Å². The fourth-order valence-corrected chi connectivity index (χ4v) is 1.64. The molecule has 0 unspecified atom stereocenters. The summed E-state index contributed by atoms with van der Waals surface area (Å²) in [6, 6.07) is 11.1. The van der Waals surface area contributed by atoms with Gasteiger partial charge in [0.25, 0.3) is 5.91 Å². The Bertz CT molecular complexity index is 600. The highest BCUT2D eigenvalue weighted by atomic mass is 19.1. The zero-order valence-corrected chi connectivity index (χ0v) is 9.99. The molecule has 98 valence electrons. The lowest BCUT2D eigenvalue weighted by atomic mass is 10.1. The van der Waals surface area contributed by atoms with Crippen LogP contribution < -0.4 is 11.1 Å². The fourth-order valence-electron chi connectivity index (χ4n) is 1.64. The summed E-state index contributed by atoms with van der Waals surface area (Å²) in [7, 11) is 0. The number of rotatable bonds is 3. The molecule has 1 amide bonds. The first kappa shape index (κ1) is 13.0. The Labute approximate surface area is 109 Å². The van der Waals surface area contributed by atoms with Gasteiger partial charge in [-0.15, -0.1) is 0 Å². The van der Waals surface area contributed by atoms with E-state index in [9.17, 15) is 13.6 Å². The smallest absolute Gasteiger partial charge is 0.257 e. The highest BCUT2D eigenvalue weighted by Gasteiger charge is 2.19. The van der Waals surface area contributed by atoms with Crippen molar-refractivity contribution in [3.05, 3.63) is 65.2 Å². The standard InChI is InChI=1S/C14H12F2N2O/c15-10-6-7-11(17)13(16)12(10)14(19)18-8-9-4-2-1-3-5-9/h1-7H,8,17H2,(H,18,19). The summed E-state index contributed by atoms with van der Waals surface area (Å²) in [5, 5.41) is 2.45. The van der Waals surface area contributed by atoms with Gasteiger partial charge in [-0.25, -0.2) is 8.78 Å². The van der Waals surface area contributed by atoms with Crippen molar-refractivity contribution in [1.82, 2.24) is 5.32 Å². The van der Waals surface area contributed by atoms with E-state index < -0.39 is 23.1 Å². The SMILES string of the molecule is Nc1ccc(F)c(C(=O)NCc2ccccc2)c1F. The molecule has 0 aromatic heterocycles. The fraction of sp³-hybridized carbons (Fsp3) is 0.0714. The van der Waals surface area contributed by atoms with Gasteiger partial charge < -0.3 is 11.1 Å². The maximum absolute atomic E-state index is 13.6. The Morgan fingerprint density at radius 3 is 2.47 bits per heavy atom. The number of halogens is 2. The number of hydrogen-bond acceptors (Lipinski definition) is 2. The van der Waals surface area contributed by atoms with Gasteiger partial charge in [-0.1, -0.05) is 30.3 Å². The highest BCUT2D eigenvalue weighted by molar-refractivity contribution is 5.95. The summed E-state index contributed by atoms with van der Waals surface area (Å²) in [5.74, 6) is -2.80. The zero-order valence-electron chi connectivity index (χ0n) is 9.99. The molecule has 0 aliphatic heterocycles. The molecule has 3 nitrogen and oxygen atoms in total. The number of benzene rings is 2. The number of carbonyl (C=O) groups excluding carboxylic acids is 1. The topological polar surface area (TPSA) is 55.1 Å². The van der Waals surface area contributed by atoms with Crippen LogP contribution in [-0.4, -0.2) is 5.91 Å². The second-order valence-corrected chi connectivity index (χ2v) is 3.99. The first-order valence-electron chi connectivity index (χ1n) is 5.65. The van der Waals surface area contributed by atoms with Crippen molar-refractivity contribution in [2.75, 3.05) is 5.73 Å². The minimum atomic E-state index is -1.04. The van der Waals surface area contributed by atoms with Crippen molar-refractivity contribution in [2.45, 2.75) is 6.54 Å². The molecule has 0 saturated heterocycles. The summed E-state index contributed by atoms with van der Waals surface area (Å²) in [5.41, 5.74) is 5.23. The molecule has 5 heteroatoms. The normalized spacial score (nSPS) is 10.2. The highest BCUT2D eigenvalue weighted by Crippen LogP contribution is 2.18. The van der Waals surface area contributed by atoms with Gasteiger partial charge >= 0.3 is 0 Å². The van der Waals surface area contributed by atoms with Crippen LogP contribution in [0.1, 0.15) is 15.9 Å². The zero-order chi connectivity index (χ0) is 13.8. The number of carbonyl (C=O) groups is 1. The third-order valence-corrected chi connectivity index (χ3v) is 2.64. The number of nitrogens with one attached hydrogen (secondary N) is 1. The van der Waals surface area contributed by atoms with Gasteiger partial charge in [-0.05, 0) is 17.7 Å². The van der Waals surface area contributed by atoms with Gasteiger partial charge in [-0.3, -0.25) is 4.79 Å². The first-order valence-corrected chi connectivity index (χ1v) is 5.65. The Hall–Kier alpha value is -2.43. The van der Waals surface area contributed by atoms with Crippen molar-refractivity contribution in [3.63, 3.8) is 0 Å². The van der Waals surface area contributed by atoms with Gasteiger partial charge in [0.15, 0.2) is 5.82 Å². The van der Waals surface area contributed by atoms with Gasteiger partial charge in [0.2, 0.25) is 0 Å². The molecule has 0 bridgehead atoms. The Morgan fingerprint density at radius 1 is 1.11 bits per heavy atom. The summed E-state index contributed by atoms with van der Waals surface area (Å²) in [6.45, 7) is 0.188. The van der Waals surface area contributed by atoms with Gasteiger partial charge in [0.1, 0.15) is 11.4 Å². The molecule has 0 aliphatic carbocycles. The van der Waals surface area contributed by atoms with Crippen LogP contribution in [0.15, 0.2) is 42.5 Å². The minimum absolute atomic E-state index is 0.188. The van der Waals surface area contributed by atoms with E-state index in [2.05, 4.69) is 5.32 Å². The molecule has 2 rings (SSSR count). The lowest BCUT2D eigenvalue weighted by molar-refractivity contribution is 0.0942. The molecule has 3 N–H and O–H groups in total. The Balaban J connectivity index is 2.15. The number of nitrogen functional groups attached to an aromatic ring is 1. The van der Waals surface area contributed by atoms with Crippen LogP contribution >= 0.6 is 0 Å². The molecule has 0 radical (unpaired) electrons. The summed E-state index contributed by atoms with van der Waals surface area (Å²) < 4.78 is 27.1. The molecule has 0 fully saturated rings. The van der Waals surface area contributed by atoms with E-state index in [0.29, 0.717) is 0 Å². The van der Waals surface area contributed by atoms with E-state index in [4.69, 9.17) is 5.73 Å². The first-order chi connectivity index (χ1) is 9.09. The molecule has 2 aromatic carbocycles. The van der Waals surface area contributed by atoms with E-state index in [1.165, 1.54) is 0 Å². The summed E-state index contributed by atoms with van der Waals surface area (Å²) >= 11 is 0. The minimum Gasteiger partial charge on any atom is -0.396 e. The molecule has 0 atom stereocenters. The average Bonchev–Trinajstić information content (AvgIpc) is 2.42. The number of hydrogen-bond donors (Lipinski definition) is 2. The predicted molar refractivity (Wildman–Crippen MR) is 68.4 cm³/mol. The maximum Gasteiger partial charge on any atom is 0.257 e. The number of amides is 1. The lowest BCUT2D eigenvalue weighted by Crippen LogP contribution is -2.25. The van der Waals surface area contributed by atoms with Crippen LogP contribution in [0.4, 0.5) is 14.5 Å². The van der Waals surface area contributed by atoms with Crippen molar-refractivity contribution < 1.29 is 13.6 Å². The maximum atomic E-state index is 13.6. The van der Waals surface area contributed by atoms with Gasteiger partial charge in [0.05, 0.1) is 5.69 Å². The largest absolute Gasteiger partial charge is 0.396 e. The van der Waals surface area contributed by atoms with Crippen LogP contribution in [0, 0.1) is 11.6 Å². The van der Waals surface area contributed by atoms with Crippen LogP contribution in [0.2, 0.25) is 0 Å². The number of anilines is 1. The molecular formula is C14H12F2N2O. The van der Waals surface area contributed by atoms with Crippen molar-refractivity contribution >= 4 is 11.6 Å². The third-order valence-electron chi connectivity index (χ3n) is 2.64. The van der Waals surface area contributed by atoms with Crippen LogP contribution in [0.25, 0.3) is 0 Å². The quantitative estimate of drug-likeness (QED) is 0.835. The predicted octanol–water partition coefficient (Wildman–Crippen LogP) is 2.48. The molecule has 0 saturated carbocycles. The molecule has 0 spiro atoms. The average molecular weight is 262 g/mol. The Kier molecular flexibility index (Phi) is 3.75. The van der Waals surface area contributed by atoms with E-state index >= 15 is 0 Å². The molecule has 2 aromatic rings. The van der Waals surface area contributed by atoms with E-state index in [1.807, 2.05) is 18.2 Å². The third kappa shape index (κ3) is 2.88. The number of nitrogens with two attached hydrogens (primary N) is 1. The second-order valence-electron chi connectivity index (χ2n) is 3.99. The van der Waals surface area contributed by atoms with Gasteiger partial charge in [0, 0.05) is 6.54 Å². The van der Waals surface area contributed by atoms with Crippen LogP contribution in [0.3, 0.4) is 0 Å². The monoisotopic (exact) mass is 262 g/mol. The molecule has 0 heterocycles. The van der Waals surface area contributed by atoms with Crippen LogP contribution in [-0.2, 0) is 6.54 Å². The van der Waals surface area contributed by atoms with Crippen molar-refractivity contribution in [3.8, 4) is 0 Å². The molecular weight excluding hydrogens is 250 g/mol. The van der Waals surface area contributed by atoms with E-state index in [1.54, 1.807) is 12.1 Å². The molecule has 19 heavy (non-hydrogen) atoms.